The van der Waals surface area contributed by atoms with Crippen molar-refractivity contribution < 1.29 is 4.92 Å². The summed E-state index contributed by atoms with van der Waals surface area (Å²) in [4.78, 5) is 14.8. The number of hydrogen-bond donors (Lipinski definition) is 1. The second-order valence-electron chi connectivity index (χ2n) is 5.83. The second-order valence-corrected chi connectivity index (χ2v) is 6.69. The van der Waals surface area contributed by atoms with Gasteiger partial charge in [0.2, 0.25) is 5.13 Å². The molecule has 1 saturated carbocycles. The van der Waals surface area contributed by atoms with Crippen molar-refractivity contribution in [1.82, 2.24) is 4.98 Å². The molecule has 0 amide bonds. The Morgan fingerprint density at radius 2 is 2.17 bits per heavy atom. The van der Waals surface area contributed by atoms with E-state index in [0.717, 1.165) is 29.2 Å². The average molecular weight is 330 g/mol. The molecule has 1 aliphatic carbocycles. The van der Waals surface area contributed by atoms with Crippen LogP contribution in [0.4, 0.5) is 10.8 Å². The molecule has 23 heavy (non-hydrogen) atoms. The summed E-state index contributed by atoms with van der Waals surface area (Å²) in [6.07, 6.45) is 4.58. The Morgan fingerprint density at radius 3 is 2.87 bits per heavy atom. The van der Waals surface area contributed by atoms with Crippen LogP contribution in [0.25, 0.3) is 11.3 Å². The summed E-state index contributed by atoms with van der Waals surface area (Å²) in [6.45, 7) is 2.25. The van der Waals surface area contributed by atoms with Gasteiger partial charge in [0.1, 0.15) is 0 Å². The number of nitrogens with zero attached hydrogens (tertiary/aromatic N) is 3. The van der Waals surface area contributed by atoms with Gasteiger partial charge in [-0.1, -0.05) is 6.92 Å². The molecule has 1 fully saturated rings. The molecule has 1 aliphatic rings. The first-order valence-corrected chi connectivity index (χ1v) is 8.51. The van der Waals surface area contributed by atoms with Crippen LogP contribution < -0.4 is 5.43 Å². The number of hydrogen-bond acceptors (Lipinski definition) is 6. The quantitative estimate of drug-likeness (QED) is 0.651. The lowest BCUT2D eigenvalue weighted by atomic mass is 9.89. The van der Waals surface area contributed by atoms with Gasteiger partial charge in [-0.15, -0.1) is 11.3 Å². The number of nitro groups is 1. The van der Waals surface area contributed by atoms with E-state index >= 15 is 0 Å². The van der Waals surface area contributed by atoms with Crippen LogP contribution in [0.15, 0.2) is 34.7 Å². The van der Waals surface area contributed by atoms with Gasteiger partial charge < -0.3 is 0 Å². The molecule has 6 nitrogen and oxygen atoms in total. The van der Waals surface area contributed by atoms with Crippen molar-refractivity contribution in [3.63, 3.8) is 0 Å². The van der Waals surface area contributed by atoms with Gasteiger partial charge in [0.25, 0.3) is 5.69 Å². The lowest BCUT2D eigenvalue weighted by Crippen LogP contribution is -2.13. The van der Waals surface area contributed by atoms with E-state index in [1.54, 1.807) is 12.1 Å². The SMILES string of the molecule is C[C@@H]1CCC/C(=N/Nc2nc(-c3ccc([N+](=O)[O-])cc3)cs2)C1. The third kappa shape index (κ3) is 3.92. The molecule has 1 heterocycles. The molecule has 1 N–H and O–H groups in total. The highest BCUT2D eigenvalue weighted by atomic mass is 32.1. The second kappa shape index (κ2) is 6.87. The largest absolute Gasteiger partial charge is 0.269 e. The molecule has 0 spiro atoms. The number of hydrazone groups is 1. The van der Waals surface area contributed by atoms with Gasteiger partial charge in [0.05, 0.1) is 10.6 Å². The normalized spacial score (nSPS) is 19.7. The van der Waals surface area contributed by atoms with E-state index in [0.29, 0.717) is 5.92 Å². The van der Waals surface area contributed by atoms with E-state index in [9.17, 15) is 10.1 Å². The van der Waals surface area contributed by atoms with Gasteiger partial charge in [-0.3, -0.25) is 15.5 Å². The Hall–Kier alpha value is -2.28. The fraction of sp³-hybridized carbons (Fsp3) is 0.375. The predicted octanol–water partition coefficient (Wildman–Crippen LogP) is 4.70. The van der Waals surface area contributed by atoms with Crippen LogP contribution >= 0.6 is 11.3 Å². The number of anilines is 1. The maximum Gasteiger partial charge on any atom is 0.269 e. The van der Waals surface area contributed by atoms with Gasteiger partial charge in [-0.25, -0.2) is 4.98 Å². The van der Waals surface area contributed by atoms with Crippen LogP contribution in [-0.2, 0) is 0 Å². The van der Waals surface area contributed by atoms with Crippen LogP contribution in [0.1, 0.15) is 32.6 Å². The maximum absolute atomic E-state index is 10.7. The molecule has 7 heteroatoms. The Labute approximate surface area is 138 Å². The Balaban J connectivity index is 1.68. The van der Waals surface area contributed by atoms with E-state index in [1.165, 1.54) is 42.0 Å². The van der Waals surface area contributed by atoms with E-state index in [-0.39, 0.29) is 5.69 Å². The number of non-ortho nitro benzene ring substituents is 1. The molecule has 1 atom stereocenters. The monoisotopic (exact) mass is 330 g/mol. The minimum absolute atomic E-state index is 0.0835. The summed E-state index contributed by atoms with van der Waals surface area (Å²) in [7, 11) is 0. The fourth-order valence-electron chi connectivity index (χ4n) is 2.70. The minimum Gasteiger partial charge on any atom is -0.258 e. The molecule has 0 aliphatic heterocycles. The van der Waals surface area contributed by atoms with Crippen LogP contribution in [0.2, 0.25) is 0 Å². The topological polar surface area (TPSA) is 80.4 Å². The molecule has 0 saturated heterocycles. The molecule has 0 radical (unpaired) electrons. The summed E-state index contributed by atoms with van der Waals surface area (Å²) < 4.78 is 0. The summed E-state index contributed by atoms with van der Waals surface area (Å²) in [6, 6.07) is 6.41. The van der Waals surface area contributed by atoms with Crippen molar-refractivity contribution in [2.45, 2.75) is 32.6 Å². The molecule has 0 bridgehead atoms. The smallest absolute Gasteiger partial charge is 0.258 e. The molecule has 2 aromatic rings. The number of nitrogens with one attached hydrogen (secondary N) is 1. The summed E-state index contributed by atoms with van der Waals surface area (Å²) >= 11 is 1.48. The summed E-state index contributed by atoms with van der Waals surface area (Å²) in [5, 5.41) is 17.8. The van der Waals surface area contributed by atoms with Crippen molar-refractivity contribution >= 4 is 27.9 Å². The first-order chi connectivity index (χ1) is 11.1. The Morgan fingerprint density at radius 1 is 1.39 bits per heavy atom. The van der Waals surface area contributed by atoms with Crippen molar-refractivity contribution in [2.75, 3.05) is 5.43 Å². The standard InChI is InChI=1S/C16H18N4O2S/c1-11-3-2-4-13(9-11)18-19-16-17-15(10-23-16)12-5-7-14(8-6-12)20(21)22/h5-8,10-11H,2-4,9H2,1H3,(H,17,19)/b18-13-/t11-/m1/s1. The van der Waals surface area contributed by atoms with Crippen molar-refractivity contribution in [2.24, 2.45) is 11.0 Å². The molecule has 0 unspecified atom stereocenters. The van der Waals surface area contributed by atoms with Gasteiger partial charge >= 0.3 is 0 Å². The summed E-state index contributed by atoms with van der Waals surface area (Å²) in [5.41, 5.74) is 5.99. The third-order valence-corrected chi connectivity index (χ3v) is 4.68. The molecule has 1 aromatic heterocycles. The lowest BCUT2D eigenvalue weighted by Gasteiger charge is -2.18. The minimum atomic E-state index is -0.404. The van der Waals surface area contributed by atoms with Crippen molar-refractivity contribution in [1.29, 1.82) is 0 Å². The molecule has 1 aromatic carbocycles. The highest BCUT2D eigenvalue weighted by molar-refractivity contribution is 7.14. The number of thiazole rings is 1. The van der Waals surface area contributed by atoms with Crippen LogP contribution in [-0.4, -0.2) is 15.6 Å². The van der Waals surface area contributed by atoms with Gasteiger partial charge in [-0.05, 0) is 43.7 Å². The zero-order chi connectivity index (χ0) is 16.2. The van der Waals surface area contributed by atoms with E-state index < -0.39 is 4.92 Å². The summed E-state index contributed by atoms with van der Waals surface area (Å²) in [5.74, 6) is 0.705. The number of aromatic nitrogens is 1. The lowest BCUT2D eigenvalue weighted by molar-refractivity contribution is -0.384. The van der Waals surface area contributed by atoms with Crippen molar-refractivity contribution in [3.8, 4) is 11.3 Å². The average Bonchev–Trinajstić information content (AvgIpc) is 3.02. The van der Waals surface area contributed by atoms with Gasteiger partial charge in [0.15, 0.2) is 0 Å². The molecule has 120 valence electrons. The van der Waals surface area contributed by atoms with E-state index in [2.05, 4.69) is 22.4 Å². The number of nitro benzene ring substituents is 1. The molecular weight excluding hydrogens is 312 g/mol. The van der Waals surface area contributed by atoms with Crippen LogP contribution in [0.5, 0.6) is 0 Å². The maximum atomic E-state index is 10.7. The third-order valence-electron chi connectivity index (χ3n) is 3.93. The Bertz CT molecular complexity index is 724. The van der Waals surface area contributed by atoms with Crippen LogP contribution in [0.3, 0.4) is 0 Å². The van der Waals surface area contributed by atoms with Crippen molar-refractivity contribution in [3.05, 3.63) is 39.8 Å². The highest BCUT2D eigenvalue weighted by Crippen LogP contribution is 2.27. The predicted molar refractivity (Wildman–Crippen MR) is 92.9 cm³/mol. The number of benzene rings is 1. The van der Waals surface area contributed by atoms with E-state index in [4.69, 9.17) is 0 Å². The molecular formula is C16H18N4O2S. The van der Waals surface area contributed by atoms with E-state index in [1.807, 2.05) is 5.38 Å². The van der Waals surface area contributed by atoms with Gasteiger partial charge in [0, 0.05) is 28.8 Å². The zero-order valence-corrected chi connectivity index (χ0v) is 13.7. The first-order valence-electron chi connectivity index (χ1n) is 7.63. The fourth-order valence-corrected chi connectivity index (χ4v) is 3.36. The Kier molecular flexibility index (Phi) is 4.66. The first kappa shape index (κ1) is 15.6. The number of rotatable bonds is 4. The zero-order valence-electron chi connectivity index (χ0n) is 12.9. The van der Waals surface area contributed by atoms with Gasteiger partial charge in [-0.2, -0.15) is 5.10 Å². The molecule has 3 rings (SSSR count). The van der Waals surface area contributed by atoms with Crippen LogP contribution in [0, 0.1) is 16.0 Å². The highest BCUT2D eigenvalue weighted by Gasteiger charge is 2.14.